The molecule has 1 aromatic carbocycles. The van der Waals surface area contributed by atoms with Crippen LogP contribution in [0, 0.1) is 0 Å². The SMILES string of the molecule is O=C(O[C@@H](C(=O)N1CCCCC1)c1ccccc1)c1cccnc1Cl. The molecule has 0 spiro atoms. The predicted octanol–water partition coefficient (Wildman–Crippen LogP) is 3.65. The Morgan fingerprint density at radius 3 is 2.44 bits per heavy atom. The summed E-state index contributed by atoms with van der Waals surface area (Å²) in [5.41, 5.74) is 0.794. The Labute approximate surface area is 151 Å². The van der Waals surface area contributed by atoms with E-state index in [1.165, 1.54) is 12.3 Å². The average molecular weight is 359 g/mol. The molecule has 0 N–H and O–H groups in total. The number of piperidine rings is 1. The number of esters is 1. The summed E-state index contributed by atoms with van der Waals surface area (Å²) in [4.78, 5) is 31.1. The highest BCUT2D eigenvalue weighted by Gasteiger charge is 2.31. The van der Waals surface area contributed by atoms with Crippen molar-refractivity contribution in [3.8, 4) is 0 Å². The van der Waals surface area contributed by atoms with E-state index in [0.717, 1.165) is 19.3 Å². The summed E-state index contributed by atoms with van der Waals surface area (Å²) in [7, 11) is 0. The molecular formula is C19H19ClN2O3. The molecule has 1 aliphatic heterocycles. The molecule has 3 rings (SSSR count). The van der Waals surface area contributed by atoms with Gasteiger partial charge in [-0.05, 0) is 31.4 Å². The van der Waals surface area contributed by atoms with Gasteiger partial charge in [0.2, 0.25) is 6.10 Å². The van der Waals surface area contributed by atoms with E-state index in [-0.39, 0.29) is 16.6 Å². The normalized spacial score (nSPS) is 15.5. The first-order valence-electron chi connectivity index (χ1n) is 8.32. The highest BCUT2D eigenvalue weighted by molar-refractivity contribution is 6.32. The maximum absolute atomic E-state index is 13.0. The lowest BCUT2D eigenvalue weighted by Crippen LogP contribution is -2.40. The standard InChI is InChI=1S/C19H19ClN2O3/c20-17-15(10-7-11-21-17)19(24)25-16(14-8-3-1-4-9-14)18(23)22-12-5-2-6-13-22/h1,3-4,7-11,16H,2,5-6,12-13H2/t16-/m1/s1. The van der Waals surface area contributed by atoms with Crippen molar-refractivity contribution >= 4 is 23.5 Å². The molecule has 130 valence electrons. The van der Waals surface area contributed by atoms with E-state index in [1.807, 2.05) is 18.2 Å². The van der Waals surface area contributed by atoms with Gasteiger partial charge < -0.3 is 9.64 Å². The fourth-order valence-electron chi connectivity index (χ4n) is 2.88. The van der Waals surface area contributed by atoms with Crippen molar-refractivity contribution in [2.45, 2.75) is 25.4 Å². The van der Waals surface area contributed by atoms with E-state index in [1.54, 1.807) is 23.1 Å². The van der Waals surface area contributed by atoms with E-state index in [0.29, 0.717) is 18.7 Å². The van der Waals surface area contributed by atoms with Gasteiger partial charge in [0, 0.05) is 24.8 Å². The molecule has 1 fully saturated rings. The molecule has 0 saturated carbocycles. The van der Waals surface area contributed by atoms with Crippen LogP contribution in [0.3, 0.4) is 0 Å². The topological polar surface area (TPSA) is 59.5 Å². The van der Waals surface area contributed by atoms with Crippen molar-refractivity contribution in [1.29, 1.82) is 0 Å². The maximum Gasteiger partial charge on any atom is 0.342 e. The minimum absolute atomic E-state index is 0.0599. The molecule has 0 unspecified atom stereocenters. The molecule has 1 atom stereocenters. The van der Waals surface area contributed by atoms with E-state index in [9.17, 15) is 9.59 Å². The van der Waals surface area contributed by atoms with Gasteiger partial charge >= 0.3 is 5.97 Å². The molecule has 1 saturated heterocycles. The molecule has 1 aromatic heterocycles. The van der Waals surface area contributed by atoms with Crippen molar-refractivity contribution in [1.82, 2.24) is 9.88 Å². The van der Waals surface area contributed by atoms with Crippen LogP contribution in [0.15, 0.2) is 48.7 Å². The van der Waals surface area contributed by atoms with Crippen LogP contribution in [0.5, 0.6) is 0 Å². The highest BCUT2D eigenvalue weighted by Crippen LogP contribution is 2.25. The van der Waals surface area contributed by atoms with Gasteiger partial charge in [-0.1, -0.05) is 41.9 Å². The first kappa shape index (κ1) is 17.4. The van der Waals surface area contributed by atoms with Gasteiger partial charge in [-0.15, -0.1) is 0 Å². The fourth-order valence-corrected chi connectivity index (χ4v) is 3.07. The Bertz CT molecular complexity index is 745. The van der Waals surface area contributed by atoms with Crippen molar-refractivity contribution in [3.63, 3.8) is 0 Å². The van der Waals surface area contributed by atoms with Crippen LogP contribution in [0.1, 0.15) is 41.3 Å². The number of likely N-dealkylation sites (tertiary alicyclic amines) is 1. The van der Waals surface area contributed by atoms with Crippen molar-refractivity contribution in [3.05, 3.63) is 64.9 Å². The fraction of sp³-hybridized carbons (Fsp3) is 0.316. The minimum atomic E-state index is -0.983. The number of pyridine rings is 1. The largest absolute Gasteiger partial charge is 0.444 e. The number of benzene rings is 1. The summed E-state index contributed by atoms with van der Waals surface area (Å²) in [5, 5.41) is 0.0599. The minimum Gasteiger partial charge on any atom is -0.444 e. The third kappa shape index (κ3) is 4.17. The third-order valence-electron chi connectivity index (χ3n) is 4.20. The first-order valence-corrected chi connectivity index (χ1v) is 8.70. The summed E-state index contributed by atoms with van der Waals surface area (Å²) in [6.45, 7) is 1.38. The number of rotatable bonds is 4. The molecule has 0 bridgehead atoms. The summed E-state index contributed by atoms with van der Waals surface area (Å²) in [6.07, 6.45) is 3.56. The second-order valence-corrected chi connectivity index (χ2v) is 6.28. The second kappa shape index (κ2) is 8.12. The Balaban J connectivity index is 1.85. The van der Waals surface area contributed by atoms with Crippen molar-refractivity contribution in [2.75, 3.05) is 13.1 Å². The molecule has 25 heavy (non-hydrogen) atoms. The number of aromatic nitrogens is 1. The predicted molar refractivity (Wildman–Crippen MR) is 94.3 cm³/mol. The molecule has 2 aromatic rings. The van der Waals surface area contributed by atoms with E-state index in [4.69, 9.17) is 16.3 Å². The van der Waals surface area contributed by atoms with E-state index < -0.39 is 12.1 Å². The summed E-state index contributed by atoms with van der Waals surface area (Å²) >= 11 is 5.97. The number of amides is 1. The number of ether oxygens (including phenoxy) is 1. The summed E-state index contributed by atoms with van der Waals surface area (Å²) < 4.78 is 5.56. The van der Waals surface area contributed by atoms with Crippen LogP contribution in [-0.4, -0.2) is 34.8 Å². The number of hydrogen-bond donors (Lipinski definition) is 0. The highest BCUT2D eigenvalue weighted by atomic mass is 35.5. The zero-order valence-electron chi connectivity index (χ0n) is 13.7. The summed E-state index contributed by atoms with van der Waals surface area (Å²) in [6, 6.07) is 12.2. The Hall–Kier alpha value is -2.40. The van der Waals surface area contributed by atoms with Crippen molar-refractivity contribution < 1.29 is 14.3 Å². The molecule has 5 nitrogen and oxygen atoms in total. The van der Waals surface area contributed by atoms with Crippen LogP contribution >= 0.6 is 11.6 Å². The molecule has 0 aliphatic carbocycles. The number of nitrogens with zero attached hydrogens (tertiary/aromatic N) is 2. The van der Waals surface area contributed by atoms with Gasteiger partial charge in [0.05, 0.1) is 5.56 Å². The average Bonchev–Trinajstić information content (AvgIpc) is 2.67. The Morgan fingerprint density at radius 2 is 1.76 bits per heavy atom. The van der Waals surface area contributed by atoms with Crippen LogP contribution in [0.25, 0.3) is 0 Å². The number of halogens is 1. The molecule has 1 amide bonds. The zero-order valence-corrected chi connectivity index (χ0v) is 14.5. The van der Waals surface area contributed by atoms with Crippen molar-refractivity contribution in [2.24, 2.45) is 0 Å². The van der Waals surface area contributed by atoms with Gasteiger partial charge in [0.15, 0.2) is 0 Å². The second-order valence-electron chi connectivity index (χ2n) is 5.92. The number of hydrogen-bond acceptors (Lipinski definition) is 4. The molecule has 2 heterocycles. The van der Waals surface area contributed by atoms with Crippen LogP contribution in [0.4, 0.5) is 0 Å². The Kier molecular flexibility index (Phi) is 5.66. The number of carbonyl (C=O) groups is 2. The van der Waals surface area contributed by atoms with Gasteiger partial charge in [0.25, 0.3) is 5.91 Å². The lowest BCUT2D eigenvalue weighted by Gasteiger charge is -2.30. The van der Waals surface area contributed by atoms with E-state index in [2.05, 4.69) is 4.98 Å². The third-order valence-corrected chi connectivity index (χ3v) is 4.50. The lowest BCUT2D eigenvalue weighted by atomic mass is 10.1. The van der Waals surface area contributed by atoms with Gasteiger partial charge in [-0.3, -0.25) is 4.79 Å². The van der Waals surface area contributed by atoms with Gasteiger partial charge in [-0.2, -0.15) is 0 Å². The molecule has 6 heteroatoms. The van der Waals surface area contributed by atoms with Crippen LogP contribution in [-0.2, 0) is 9.53 Å². The smallest absolute Gasteiger partial charge is 0.342 e. The van der Waals surface area contributed by atoms with E-state index >= 15 is 0 Å². The monoisotopic (exact) mass is 358 g/mol. The van der Waals surface area contributed by atoms with Gasteiger partial charge in [-0.25, -0.2) is 9.78 Å². The zero-order chi connectivity index (χ0) is 17.6. The molecular weight excluding hydrogens is 340 g/mol. The maximum atomic E-state index is 13.0. The molecule has 1 aliphatic rings. The van der Waals surface area contributed by atoms with Crippen LogP contribution < -0.4 is 0 Å². The first-order chi connectivity index (χ1) is 12.2. The van der Waals surface area contributed by atoms with Crippen LogP contribution in [0.2, 0.25) is 5.15 Å². The summed E-state index contributed by atoms with van der Waals surface area (Å²) in [5.74, 6) is -0.850. The van der Waals surface area contributed by atoms with Gasteiger partial charge in [0.1, 0.15) is 5.15 Å². The number of carbonyl (C=O) groups excluding carboxylic acids is 2. The lowest BCUT2D eigenvalue weighted by molar-refractivity contribution is -0.142. The molecule has 0 radical (unpaired) electrons. The Morgan fingerprint density at radius 1 is 1.04 bits per heavy atom. The quantitative estimate of drug-likeness (QED) is 0.618.